The zero-order valence-corrected chi connectivity index (χ0v) is 13.8. The van der Waals surface area contributed by atoms with Crippen molar-refractivity contribution < 1.29 is 19.4 Å². The first-order valence-electron chi connectivity index (χ1n) is 8.29. The van der Waals surface area contributed by atoms with Crippen molar-refractivity contribution in [1.82, 2.24) is 4.90 Å². The third kappa shape index (κ3) is 3.21. The number of fused-ring (bicyclic) bond motifs is 1. The molecule has 2 saturated heterocycles. The van der Waals surface area contributed by atoms with Crippen molar-refractivity contribution in [2.24, 2.45) is 11.3 Å². The van der Waals surface area contributed by atoms with Crippen molar-refractivity contribution in [3.05, 3.63) is 29.8 Å². The van der Waals surface area contributed by atoms with Gasteiger partial charge in [-0.2, -0.15) is 0 Å². The average molecular weight is 319 g/mol. The zero-order valence-electron chi connectivity index (χ0n) is 13.8. The number of rotatable bonds is 4. The first-order valence-corrected chi connectivity index (χ1v) is 8.29. The normalized spacial score (nSPS) is 27.1. The molecule has 1 amide bonds. The van der Waals surface area contributed by atoms with E-state index in [2.05, 4.69) is 0 Å². The number of hydrogen-bond acceptors (Lipinski definition) is 4. The van der Waals surface area contributed by atoms with Crippen LogP contribution >= 0.6 is 0 Å². The first kappa shape index (κ1) is 16.3. The lowest BCUT2D eigenvalue weighted by atomic mass is 9.76. The Balaban J connectivity index is 1.76. The average Bonchev–Trinajstić information content (AvgIpc) is 2.94. The number of aliphatic hydroxyl groups excluding tert-OH is 1. The van der Waals surface area contributed by atoms with Gasteiger partial charge in [-0.1, -0.05) is 6.07 Å². The predicted molar refractivity (Wildman–Crippen MR) is 86.6 cm³/mol. The molecule has 5 heteroatoms. The minimum absolute atomic E-state index is 0.00133. The van der Waals surface area contributed by atoms with Crippen LogP contribution in [0.15, 0.2) is 24.3 Å². The Morgan fingerprint density at radius 2 is 2.35 bits per heavy atom. The molecule has 1 N–H and O–H groups in total. The van der Waals surface area contributed by atoms with E-state index in [1.807, 2.05) is 36.9 Å². The second-order valence-corrected chi connectivity index (χ2v) is 6.94. The van der Waals surface area contributed by atoms with Gasteiger partial charge in [0.1, 0.15) is 5.75 Å². The summed E-state index contributed by atoms with van der Waals surface area (Å²) in [6, 6.07) is 7.33. The van der Waals surface area contributed by atoms with Crippen LogP contribution in [0.5, 0.6) is 5.75 Å². The Hall–Kier alpha value is -1.59. The van der Waals surface area contributed by atoms with Crippen molar-refractivity contribution in [2.75, 3.05) is 32.9 Å². The first-order chi connectivity index (χ1) is 11.0. The summed E-state index contributed by atoms with van der Waals surface area (Å²) in [5.41, 5.74) is 0.343. The Labute approximate surface area is 137 Å². The van der Waals surface area contributed by atoms with E-state index in [0.29, 0.717) is 43.5 Å². The zero-order chi connectivity index (χ0) is 16.4. The maximum atomic E-state index is 12.8. The lowest BCUT2D eigenvalue weighted by Gasteiger charge is -2.36. The molecular formula is C18H25NO4. The smallest absolute Gasteiger partial charge is 0.254 e. The molecule has 3 rings (SSSR count). The van der Waals surface area contributed by atoms with E-state index in [1.54, 1.807) is 6.07 Å². The number of amides is 1. The van der Waals surface area contributed by atoms with Gasteiger partial charge in [0, 0.05) is 30.7 Å². The fourth-order valence-corrected chi connectivity index (χ4v) is 3.63. The second-order valence-electron chi connectivity index (χ2n) is 6.94. The van der Waals surface area contributed by atoms with Gasteiger partial charge in [0.05, 0.1) is 19.3 Å². The van der Waals surface area contributed by atoms with Crippen LogP contribution in [0, 0.1) is 11.3 Å². The van der Waals surface area contributed by atoms with Crippen LogP contribution in [0.25, 0.3) is 0 Å². The van der Waals surface area contributed by atoms with Crippen LogP contribution in [0.3, 0.4) is 0 Å². The summed E-state index contributed by atoms with van der Waals surface area (Å²) in [4.78, 5) is 14.7. The molecule has 1 aromatic carbocycles. The van der Waals surface area contributed by atoms with Gasteiger partial charge in [0.2, 0.25) is 0 Å². The van der Waals surface area contributed by atoms with E-state index in [0.717, 1.165) is 6.42 Å². The van der Waals surface area contributed by atoms with Crippen molar-refractivity contribution in [3.63, 3.8) is 0 Å². The van der Waals surface area contributed by atoms with Crippen LogP contribution in [-0.2, 0) is 4.74 Å². The summed E-state index contributed by atoms with van der Waals surface area (Å²) in [6.07, 6.45) is 0.978. The highest BCUT2D eigenvalue weighted by Gasteiger charge is 2.49. The minimum atomic E-state index is -0.292. The molecule has 23 heavy (non-hydrogen) atoms. The SMILES string of the molecule is CC(C)Oc1cccc(C(=O)N2C[C@@H]3CCOC[C@]3(CO)C2)c1. The third-order valence-electron chi connectivity index (χ3n) is 4.87. The molecule has 0 aliphatic carbocycles. The highest BCUT2D eigenvalue weighted by Crippen LogP contribution is 2.41. The van der Waals surface area contributed by atoms with Crippen LogP contribution < -0.4 is 4.74 Å². The highest BCUT2D eigenvalue weighted by molar-refractivity contribution is 5.94. The number of nitrogens with zero attached hydrogens (tertiary/aromatic N) is 1. The molecule has 1 aromatic rings. The van der Waals surface area contributed by atoms with Gasteiger partial charge < -0.3 is 19.5 Å². The van der Waals surface area contributed by atoms with Gasteiger partial charge in [-0.25, -0.2) is 0 Å². The lowest BCUT2D eigenvalue weighted by Crippen LogP contribution is -2.43. The van der Waals surface area contributed by atoms with Gasteiger partial charge in [-0.15, -0.1) is 0 Å². The summed E-state index contributed by atoms with van der Waals surface area (Å²) in [5.74, 6) is 1.03. The second kappa shape index (κ2) is 6.49. The van der Waals surface area contributed by atoms with E-state index in [4.69, 9.17) is 9.47 Å². The van der Waals surface area contributed by atoms with Crippen molar-refractivity contribution in [1.29, 1.82) is 0 Å². The van der Waals surface area contributed by atoms with Crippen LogP contribution in [0.2, 0.25) is 0 Å². The molecule has 5 nitrogen and oxygen atoms in total. The Morgan fingerprint density at radius 3 is 3.04 bits per heavy atom. The highest BCUT2D eigenvalue weighted by atomic mass is 16.5. The number of likely N-dealkylation sites (tertiary alicyclic amines) is 1. The summed E-state index contributed by atoms with van der Waals surface area (Å²) in [5, 5.41) is 9.83. The van der Waals surface area contributed by atoms with Gasteiger partial charge >= 0.3 is 0 Å². The fourth-order valence-electron chi connectivity index (χ4n) is 3.63. The molecule has 0 saturated carbocycles. The molecule has 2 atom stereocenters. The summed E-state index contributed by atoms with van der Waals surface area (Å²) in [6.45, 7) is 6.49. The number of carbonyl (C=O) groups is 1. The van der Waals surface area contributed by atoms with Gasteiger partial charge in [-0.05, 0) is 44.4 Å². The number of hydrogen-bond donors (Lipinski definition) is 1. The molecule has 0 aromatic heterocycles. The molecule has 0 bridgehead atoms. The number of carbonyl (C=O) groups excluding carboxylic acids is 1. The molecule has 2 fully saturated rings. The minimum Gasteiger partial charge on any atom is -0.491 e. The summed E-state index contributed by atoms with van der Waals surface area (Å²) < 4.78 is 11.2. The van der Waals surface area contributed by atoms with Gasteiger partial charge in [0.15, 0.2) is 0 Å². The topological polar surface area (TPSA) is 59.0 Å². The summed E-state index contributed by atoms with van der Waals surface area (Å²) in [7, 11) is 0. The molecule has 0 unspecified atom stereocenters. The van der Waals surface area contributed by atoms with Crippen LogP contribution in [0.1, 0.15) is 30.6 Å². The molecular weight excluding hydrogens is 294 g/mol. The number of aliphatic hydroxyl groups is 1. The monoisotopic (exact) mass is 319 g/mol. The number of ether oxygens (including phenoxy) is 2. The maximum absolute atomic E-state index is 12.8. The maximum Gasteiger partial charge on any atom is 0.254 e. The Bertz CT molecular complexity index is 574. The third-order valence-corrected chi connectivity index (χ3v) is 4.87. The fraction of sp³-hybridized carbons (Fsp3) is 0.611. The predicted octanol–water partition coefficient (Wildman–Crippen LogP) is 1.94. The lowest BCUT2D eigenvalue weighted by molar-refractivity contribution is -0.0557. The molecule has 0 radical (unpaired) electrons. The molecule has 126 valence electrons. The van der Waals surface area contributed by atoms with Crippen LogP contribution in [0.4, 0.5) is 0 Å². The quantitative estimate of drug-likeness (QED) is 0.921. The van der Waals surface area contributed by atoms with E-state index in [-0.39, 0.29) is 24.0 Å². The molecule has 0 spiro atoms. The largest absolute Gasteiger partial charge is 0.491 e. The van der Waals surface area contributed by atoms with E-state index in [1.165, 1.54) is 0 Å². The van der Waals surface area contributed by atoms with Gasteiger partial charge in [0.25, 0.3) is 5.91 Å². The van der Waals surface area contributed by atoms with E-state index >= 15 is 0 Å². The van der Waals surface area contributed by atoms with Crippen molar-refractivity contribution in [3.8, 4) is 5.75 Å². The van der Waals surface area contributed by atoms with E-state index < -0.39 is 0 Å². The van der Waals surface area contributed by atoms with Crippen molar-refractivity contribution >= 4 is 5.91 Å². The standard InChI is InChI=1S/C18H25NO4/c1-13(2)23-16-5-3-4-14(8-16)17(21)19-9-15-6-7-22-12-18(15,10-19)11-20/h3-5,8,13,15,20H,6-7,9-12H2,1-2H3/t15-,18+/m0/s1. The molecule has 2 aliphatic heterocycles. The van der Waals surface area contributed by atoms with E-state index in [9.17, 15) is 9.90 Å². The van der Waals surface area contributed by atoms with Crippen LogP contribution in [-0.4, -0.2) is 54.9 Å². The Kier molecular flexibility index (Phi) is 4.60. The van der Waals surface area contributed by atoms with Gasteiger partial charge in [-0.3, -0.25) is 4.79 Å². The number of benzene rings is 1. The van der Waals surface area contributed by atoms with Crippen molar-refractivity contribution in [2.45, 2.75) is 26.4 Å². The summed E-state index contributed by atoms with van der Waals surface area (Å²) >= 11 is 0. The molecule has 2 aliphatic rings. The molecule has 2 heterocycles. The Morgan fingerprint density at radius 1 is 1.52 bits per heavy atom.